The van der Waals surface area contributed by atoms with Gasteiger partial charge in [0.05, 0.1) is 25.3 Å². The molecule has 0 saturated carbocycles. The number of carbonyl (C=O) groups excluding carboxylic acids is 3. The van der Waals surface area contributed by atoms with Crippen LogP contribution in [-0.2, 0) is 14.3 Å². The zero-order valence-electron chi connectivity index (χ0n) is 14.9. The van der Waals surface area contributed by atoms with Crippen molar-refractivity contribution in [2.24, 2.45) is 0 Å². The number of hydrogen-bond acceptors (Lipinski definition) is 6. The van der Waals surface area contributed by atoms with Gasteiger partial charge in [-0.15, -0.1) is 0 Å². The predicted molar refractivity (Wildman–Crippen MR) is 99.3 cm³/mol. The largest absolute Gasteiger partial charge is 0.481 e. The number of amides is 1. The number of hydrogen-bond donors (Lipinski definition) is 1. The van der Waals surface area contributed by atoms with Gasteiger partial charge in [0, 0.05) is 10.7 Å². The predicted octanol–water partition coefficient (Wildman–Crippen LogP) is 3.32. The summed E-state index contributed by atoms with van der Waals surface area (Å²) in [6.07, 6.45) is -0.855. The minimum atomic E-state index is -0.855. The minimum absolute atomic E-state index is 0.0964. The molecule has 27 heavy (non-hydrogen) atoms. The molecule has 0 saturated heterocycles. The molecule has 2 aromatic rings. The van der Waals surface area contributed by atoms with E-state index < -0.39 is 23.9 Å². The first-order chi connectivity index (χ1) is 12.8. The lowest BCUT2D eigenvalue weighted by Gasteiger charge is -2.15. The van der Waals surface area contributed by atoms with Crippen LogP contribution in [0.1, 0.15) is 27.6 Å². The SMILES string of the molecule is COC(=O)c1cc(NC(=O)[C@H](C)Oc2cccc(Cl)c2)cc(C(=O)OC)c1. The van der Waals surface area contributed by atoms with Crippen molar-refractivity contribution in [3.05, 3.63) is 58.6 Å². The maximum Gasteiger partial charge on any atom is 0.337 e. The molecule has 1 amide bonds. The quantitative estimate of drug-likeness (QED) is 0.759. The van der Waals surface area contributed by atoms with E-state index in [9.17, 15) is 14.4 Å². The normalized spacial score (nSPS) is 11.3. The van der Waals surface area contributed by atoms with Gasteiger partial charge in [-0.3, -0.25) is 4.79 Å². The van der Waals surface area contributed by atoms with E-state index in [1.807, 2.05) is 0 Å². The number of halogens is 1. The Bertz CT molecular complexity index is 833. The number of esters is 2. The number of rotatable bonds is 6. The number of anilines is 1. The first kappa shape index (κ1) is 20.3. The van der Waals surface area contributed by atoms with Crippen molar-refractivity contribution in [2.75, 3.05) is 19.5 Å². The highest BCUT2D eigenvalue weighted by Crippen LogP contribution is 2.20. The summed E-state index contributed by atoms with van der Waals surface area (Å²) in [5.74, 6) is -1.35. The van der Waals surface area contributed by atoms with Crippen LogP contribution in [0.15, 0.2) is 42.5 Å². The van der Waals surface area contributed by atoms with Gasteiger partial charge in [-0.25, -0.2) is 9.59 Å². The third-order valence-electron chi connectivity index (χ3n) is 3.52. The van der Waals surface area contributed by atoms with Crippen LogP contribution < -0.4 is 10.1 Å². The van der Waals surface area contributed by atoms with E-state index in [2.05, 4.69) is 14.8 Å². The molecule has 8 heteroatoms. The molecule has 0 radical (unpaired) electrons. The van der Waals surface area contributed by atoms with E-state index in [0.717, 1.165) is 0 Å². The molecule has 0 bridgehead atoms. The fourth-order valence-electron chi connectivity index (χ4n) is 2.21. The van der Waals surface area contributed by atoms with Gasteiger partial charge < -0.3 is 19.5 Å². The fourth-order valence-corrected chi connectivity index (χ4v) is 2.39. The van der Waals surface area contributed by atoms with Crippen LogP contribution >= 0.6 is 11.6 Å². The summed E-state index contributed by atoms with van der Waals surface area (Å²) in [5.41, 5.74) is 0.420. The Balaban J connectivity index is 2.20. The second-order valence-electron chi connectivity index (χ2n) is 5.49. The summed E-state index contributed by atoms with van der Waals surface area (Å²) in [4.78, 5) is 36.0. The highest BCUT2D eigenvalue weighted by atomic mass is 35.5. The van der Waals surface area contributed by atoms with Crippen molar-refractivity contribution in [1.82, 2.24) is 0 Å². The van der Waals surface area contributed by atoms with Crippen molar-refractivity contribution in [1.29, 1.82) is 0 Å². The van der Waals surface area contributed by atoms with Crippen LogP contribution in [0, 0.1) is 0 Å². The lowest BCUT2D eigenvalue weighted by atomic mass is 10.1. The van der Waals surface area contributed by atoms with Crippen molar-refractivity contribution < 1.29 is 28.6 Å². The molecule has 7 nitrogen and oxygen atoms in total. The molecule has 0 aliphatic rings. The van der Waals surface area contributed by atoms with Crippen LogP contribution in [0.4, 0.5) is 5.69 Å². The molecule has 0 unspecified atom stereocenters. The van der Waals surface area contributed by atoms with Gasteiger partial charge in [-0.1, -0.05) is 17.7 Å². The smallest absolute Gasteiger partial charge is 0.337 e. The number of nitrogens with one attached hydrogen (secondary N) is 1. The Labute approximate surface area is 161 Å². The second kappa shape index (κ2) is 9.05. The van der Waals surface area contributed by atoms with Gasteiger partial charge in [0.2, 0.25) is 0 Å². The van der Waals surface area contributed by atoms with Gasteiger partial charge in [0.1, 0.15) is 5.75 Å². The van der Waals surface area contributed by atoms with Crippen LogP contribution in [0.3, 0.4) is 0 Å². The molecule has 0 heterocycles. The van der Waals surface area contributed by atoms with E-state index in [-0.39, 0.29) is 16.8 Å². The molecule has 0 fully saturated rings. The Morgan fingerprint density at radius 2 is 1.56 bits per heavy atom. The summed E-state index contributed by atoms with van der Waals surface area (Å²) in [6, 6.07) is 10.7. The van der Waals surface area contributed by atoms with Crippen molar-refractivity contribution >= 4 is 35.1 Å². The summed E-state index contributed by atoms with van der Waals surface area (Å²) < 4.78 is 14.9. The van der Waals surface area contributed by atoms with E-state index >= 15 is 0 Å². The Morgan fingerprint density at radius 3 is 2.07 bits per heavy atom. The lowest BCUT2D eigenvalue weighted by molar-refractivity contribution is -0.122. The molecule has 0 aliphatic carbocycles. The lowest BCUT2D eigenvalue weighted by Crippen LogP contribution is -2.30. The zero-order chi connectivity index (χ0) is 20.0. The second-order valence-corrected chi connectivity index (χ2v) is 5.93. The van der Waals surface area contributed by atoms with Crippen molar-refractivity contribution in [3.8, 4) is 5.75 Å². The van der Waals surface area contributed by atoms with Crippen LogP contribution in [-0.4, -0.2) is 38.2 Å². The summed E-state index contributed by atoms with van der Waals surface area (Å²) in [5, 5.41) is 3.08. The van der Waals surface area contributed by atoms with E-state index in [4.69, 9.17) is 16.3 Å². The molecule has 2 aromatic carbocycles. The maximum absolute atomic E-state index is 12.4. The van der Waals surface area contributed by atoms with Crippen LogP contribution in [0.5, 0.6) is 5.75 Å². The van der Waals surface area contributed by atoms with E-state index in [1.54, 1.807) is 31.2 Å². The molecule has 2 rings (SSSR count). The molecule has 1 atom stereocenters. The molecular formula is C19H18ClNO6. The summed E-state index contributed by atoms with van der Waals surface area (Å²) >= 11 is 5.89. The Morgan fingerprint density at radius 1 is 0.963 bits per heavy atom. The van der Waals surface area contributed by atoms with Gasteiger partial charge in [0.15, 0.2) is 6.10 Å². The monoisotopic (exact) mass is 391 g/mol. The first-order valence-electron chi connectivity index (χ1n) is 7.89. The van der Waals surface area contributed by atoms with Crippen LogP contribution in [0.25, 0.3) is 0 Å². The topological polar surface area (TPSA) is 90.9 Å². The average molecular weight is 392 g/mol. The van der Waals surface area contributed by atoms with E-state index in [0.29, 0.717) is 10.8 Å². The van der Waals surface area contributed by atoms with Gasteiger partial charge >= 0.3 is 11.9 Å². The average Bonchev–Trinajstić information content (AvgIpc) is 2.66. The first-order valence-corrected chi connectivity index (χ1v) is 8.26. The highest BCUT2D eigenvalue weighted by Gasteiger charge is 2.18. The van der Waals surface area contributed by atoms with Crippen molar-refractivity contribution in [3.63, 3.8) is 0 Å². The Hall–Kier alpha value is -3.06. The standard InChI is InChI=1S/C19H18ClNO6/c1-11(27-16-6-4-5-14(20)10-16)17(22)21-15-8-12(18(23)25-2)7-13(9-15)19(24)26-3/h4-11H,1-3H3,(H,21,22)/t11-/m0/s1. The van der Waals surface area contributed by atoms with Gasteiger partial charge in [-0.05, 0) is 43.3 Å². The minimum Gasteiger partial charge on any atom is -0.481 e. The molecule has 0 spiro atoms. The third-order valence-corrected chi connectivity index (χ3v) is 3.76. The number of carbonyl (C=O) groups is 3. The van der Waals surface area contributed by atoms with E-state index in [1.165, 1.54) is 32.4 Å². The molecule has 1 N–H and O–H groups in total. The van der Waals surface area contributed by atoms with Gasteiger partial charge in [-0.2, -0.15) is 0 Å². The summed E-state index contributed by atoms with van der Waals surface area (Å²) in [7, 11) is 2.43. The summed E-state index contributed by atoms with van der Waals surface area (Å²) in [6.45, 7) is 1.56. The van der Waals surface area contributed by atoms with Crippen LogP contribution in [0.2, 0.25) is 5.02 Å². The third kappa shape index (κ3) is 5.46. The fraction of sp³-hybridized carbons (Fsp3) is 0.211. The molecule has 142 valence electrons. The molecule has 0 aliphatic heterocycles. The van der Waals surface area contributed by atoms with Gasteiger partial charge in [0.25, 0.3) is 5.91 Å². The number of ether oxygens (including phenoxy) is 3. The zero-order valence-corrected chi connectivity index (χ0v) is 15.7. The maximum atomic E-state index is 12.4. The number of methoxy groups -OCH3 is 2. The highest BCUT2D eigenvalue weighted by molar-refractivity contribution is 6.30. The molecule has 0 aromatic heterocycles. The Kier molecular flexibility index (Phi) is 6.79. The number of benzene rings is 2. The van der Waals surface area contributed by atoms with Crippen molar-refractivity contribution in [2.45, 2.75) is 13.0 Å². The molecular weight excluding hydrogens is 374 g/mol.